The Morgan fingerprint density at radius 3 is 2.36 bits per heavy atom. The Hall–Kier alpha value is 0.397. The summed E-state index contributed by atoms with van der Waals surface area (Å²) >= 11 is 3.53. The summed E-state index contributed by atoms with van der Waals surface area (Å²) in [6.07, 6.45) is 4.79. The first-order valence-electron chi connectivity index (χ1n) is 5.25. The van der Waals surface area contributed by atoms with E-state index in [0.717, 1.165) is 12.8 Å². The molecular weight excluding hydrogens is 256 g/mol. The molecule has 0 aliphatic heterocycles. The molecule has 0 unspecified atom stereocenters. The van der Waals surface area contributed by atoms with Crippen LogP contribution in [0.25, 0.3) is 0 Å². The van der Waals surface area contributed by atoms with E-state index in [-0.39, 0.29) is 0 Å². The second-order valence-electron chi connectivity index (χ2n) is 5.59. The van der Waals surface area contributed by atoms with Crippen molar-refractivity contribution < 1.29 is 4.43 Å². The molecule has 0 bridgehead atoms. The molecule has 0 aromatic heterocycles. The first kappa shape index (κ1) is 12.5. The van der Waals surface area contributed by atoms with Gasteiger partial charge in [0.25, 0.3) is 0 Å². The number of hydrogen-bond acceptors (Lipinski definition) is 1. The minimum Gasteiger partial charge on any atom is -0.413 e. The van der Waals surface area contributed by atoms with Crippen molar-refractivity contribution in [2.45, 2.75) is 57.8 Å². The molecule has 0 aromatic rings. The fourth-order valence-electron chi connectivity index (χ4n) is 1.33. The Balaban J connectivity index is 2.53. The van der Waals surface area contributed by atoms with E-state index in [1.54, 1.807) is 0 Å². The van der Waals surface area contributed by atoms with Gasteiger partial charge in [-0.1, -0.05) is 42.8 Å². The lowest BCUT2D eigenvalue weighted by atomic mass is 10.2. The lowest BCUT2D eigenvalue weighted by Crippen LogP contribution is -2.43. The predicted octanol–water partition coefficient (Wildman–Crippen LogP) is 4.45. The maximum atomic E-state index is 6.29. The lowest BCUT2D eigenvalue weighted by Gasteiger charge is -2.38. The highest BCUT2D eigenvalue weighted by molar-refractivity contribution is 9.11. The molecule has 3 heteroatoms. The number of halogens is 1. The third kappa shape index (κ3) is 2.94. The van der Waals surface area contributed by atoms with Crippen LogP contribution in [0.15, 0.2) is 10.6 Å². The van der Waals surface area contributed by atoms with Crippen LogP contribution >= 0.6 is 15.9 Å². The SMILES string of the molecule is CC(C)(C)[Si](C)(C)O[C@H]1CC=C(Br)C1. The van der Waals surface area contributed by atoms with Gasteiger partial charge in [-0.15, -0.1) is 0 Å². The minimum atomic E-state index is -1.55. The van der Waals surface area contributed by atoms with Crippen LogP contribution in [-0.2, 0) is 4.43 Å². The molecule has 1 rings (SSSR count). The van der Waals surface area contributed by atoms with Crippen molar-refractivity contribution >= 4 is 24.2 Å². The molecular formula is C11H21BrOSi. The Bertz CT molecular complexity index is 240. The molecule has 0 radical (unpaired) electrons. The van der Waals surface area contributed by atoms with Gasteiger partial charge in [0.1, 0.15) is 0 Å². The third-order valence-electron chi connectivity index (χ3n) is 3.29. The molecule has 14 heavy (non-hydrogen) atoms. The molecule has 0 spiro atoms. The average Bonchev–Trinajstić information content (AvgIpc) is 2.31. The summed E-state index contributed by atoms with van der Waals surface area (Å²) in [5.41, 5.74) is 0. The van der Waals surface area contributed by atoms with Crippen LogP contribution in [0.3, 0.4) is 0 Å². The molecule has 1 aliphatic carbocycles. The maximum absolute atomic E-state index is 6.29. The van der Waals surface area contributed by atoms with Crippen molar-refractivity contribution in [1.29, 1.82) is 0 Å². The second kappa shape index (κ2) is 4.10. The molecule has 82 valence electrons. The van der Waals surface area contributed by atoms with Gasteiger partial charge in [0.2, 0.25) is 0 Å². The first-order chi connectivity index (χ1) is 6.22. The van der Waals surface area contributed by atoms with Crippen LogP contribution < -0.4 is 0 Å². The van der Waals surface area contributed by atoms with Gasteiger partial charge in [-0.05, 0) is 29.0 Å². The smallest absolute Gasteiger partial charge is 0.192 e. The zero-order valence-corrected chi connectivity index (χ0v) is 12.4. The second-order valence-corrected chi connectivity index (χ2v) is 11.4. The van der Waals surface area contributed by atoms with Gasteiger partial charge in [0.15, 0.2) is 8.32 Å². The molecule has 0 heterocycles. The molecule has 0 N–H and O–H groups in total. The number of rotatable bonds is 2. The highest BCUT2D eigenvalue weighted by Crippen LogP contribution is 2.39. The van der Waals surface area contributed by atoms with Gasteiger partial charge in [-0.25, -0.2) is 0 Å². The van der Waals surface area contributed by atoms with Gasteiger partial charge in [-0.2, -0.15) is 0 Å². The highest BCUT2D eigenvalue weighted by atomic mass is 79.9. The lowest BCUT2D eigenvalue weighted by molar-refractivity contribution is 0.193. The Kier molecular flexibility index (Phi) is 3.65. The standard InChI is InChI=1S/C11H21BrOSi/c1-11(2,3)14(4,5)13-10-7-6-9(12)8-10/h6,10H,7-8H2,1-5H3/t10-/m0/s1. The molecule has 0 amide bonds. The summed E-state index contributed by atoms with van der Waals surface area (Å²) in [6, 6.07) is 0. The van der Waals surface area contributed by atoms with E-state index in [1.807, 2.05) is 0 Å². The van der Waals surface area contributed by atoms with Crippen LogP contribution in [0.5, 0.6) is 0 Å². The molecule has 0 saturated heterocycles. The third-order valence-corrected chi connectivity index (χ3v) is 8.47. The summed E-state index contributed by atoms with van der Waals surface area (Å²) in [5.74, 6) is 0. The Labute approximate surface area is 97.2 Å². The topological polar surface area (TPSA) is 9.23 Å². The van der Waals surface area contributed by atoms with Gasteiger partial charge >= 0.3 is 0 Å². The van der Waals surface area contributed by atoms with Gasteiger partial charge in [-0.3, -0.25) is 0 Å². The molecule has 0 saturated carbocycles. The fourth-order valence-corrected chi connectivity index (χ4v) is 3.24. The van der Waals surface area contributed by atoms with Crippen LogP contribution in [0.4, 0.5) is 0 Å². The van der Waals surface area contributed by atoms with E-state index in [9.17, 15) is 0 Å². The van der Waals surface area contributed by atoms with E-state index >= 15 is 0 Å². The van der Waals surface area contributed by atoms with Crippen molar-refractivity contribution in [1.82, 2.24) is 0 Å². The van der Waals surface area contributed by atoms with Crippen LogP contribution in [0, 0.1) is 0 Å². The summed E-state index contributed by atoms with van der Waals surface area (Å²) in [6.45, 7) is 11.5. The fraction of sp³-hybridized carbons (Fsp3) is 0.818. The van der Waals surface area contributed by atoms with E-state index in [0.29, 0.717) is 11.1 Å². The average molecular weight is 277 g/mol. The Morgan fingerprint density at radius 1 is 1.43 bits per heavy atom. The van der Waals surface area contributed by atoms with E-state index < -0.39 is 8.32 Å². The molecule has 1 atom stereocenters. The summed E-state index contributed by atoms with van der Waals surface area (Å²) in [4.78, 5) is 0. The van der Waals surface area contributed by atoms with Gasteiger partial charge in [0, 0.05) is 6.42 Å². The summed E-state index contributed by atoms with van der Waals surface area (Å²) in [7, 11) is -1.55. The van der Waals surface area contributed by atoms with Crippen molar-refractivity contribution in [3.63, 3.8) is 0 Å². The maximum Gasteiger partial charge on any atom is 0.192 e. The van der Waals surface area contributed by atoms with Crippen molar-refractivity contribution in [2.75, 3.05) is 0 Å². The minimum absolute atomic E-state index is 0.321. The number of hydrogen-bond donors (Lipinski definition) is 0. The zero-order valence-electron chi connectivity index (χ0n) is 9.86. The summed E-state index contributed by atoms with van der Waals surface area (Å²) in [5, 5.41) is 0.321. The van der Waals surface area contributed by atoms with Gasteiger partial charge < -0.3 is 4.43 Å². The van der Waals surface area contributed by atoms with Crippen LogP contribution in [0.2, 0.25) is 18.1 Å². The van der Waals surface area contributed by atoms with E-state index in [2.05, 4.69) is 55.9 Å². The van der Waals surface area contributed by atoms with Crippen LogP contribution in [-0.4, -0.2) is 14.4 Å². The van der Waals surface area contributed by atoms with E-state index in [1.165, 1.54) is 4.48 Å². The predicted molar refractivity (Wildman–Crippen MR) is 68.3 cm³/mol. The zero-order chi connectivity index (χ0) is 11.0. The largest absolute Gasteiger partial charge is 0.413 e. The molecule has 1 nitrogen and oxygen atoms in total. The monoisotopic (exact) mass is 276 g/mol. The summed E-state index contributed by atoms with van der Waals surface area (Å²) < 4.78 is 7.60. The molecule has 1 aliphatic rings. The normalized spacial score (nSPS) is 23.9. The first-order valence-corrected chi connectivity index (χ1v) is 8.95. The Morgan fingerprint density at radius 2 is 2.00 bits per heavy atom. The van der Waals surface area contributed by atoms with Crippen molar-refractivity contribution in [3.05, 3.63) is 10.6 Å². The quantitative estimate of drug-likeness (QED) is 0.678. The highest BCUT2D eigenvalue weighted by Gasteiger charge is 2.39. The van der Waals surface area contributed by atoms with Crippen molar-refractivity contribution in [3.8, 4) is 0 Å². The van der Waals surface area contributed by atoms with Crippen LogP contribution in [0.1, 0.15) is 33.6 Å². The van der Waals surface area contributed by atoms with Crippen molar-refractivity contribution in [2.24, 2.45) is 0 Å². The van der Waals surface area contributed by atoms with Gasteiger partial charge in [0.05, 0.1) is 6.10 Å². The van der Waals surface area contributed by atoms with E-state index in [4.69, 9.17) is 4.43 Å². The molecule has 0 aromatic carbocycles. The molecule has 0 fully saturated rings.